The SMILES string of the molecule is CNc1nc(-c2csc(C)c2)nc(-n2cccn2)n1. The van der Waals surface area contributed by atoms with Crippen LogP contribution in [0.25, 0.3) is 17.3 Å². The molecule has 3 aromatic heterocycles. The van der Waals surface area contributed by atoms with Gasteiger partial charge in [0.05, 0.1) is 0 Å². The van der Waals surface area contributed by atoms with Gasteiger partial charge >= 0.3 is 0 Å². The van der Waals surface area contributed by atoms with Crippen LogP contribution in [0.1, 0.15) is 4.88 Å². The van der Waals surface area contributed by atoms with Crippen LogP contribution in [0.4, 0.5) is 5.95 Å². The summed E-state index contributed by atoms with van der Waals surface area (Å²) in [5.74, 6) is 1.68. The standard InChI is InChI=1S/C12H12N6S/c1-8-6-9(7-19-8)10-15-11(13-2)17-12(16-10)18-5-3-4-14-18/h3-7H,1-2H3,(H,13,15,16,17). The van der Waals surface area contributed by atoms with Gasteiger partial charge in [-0.05, 0) is 19.1 Å². The Morgan fingerprint density at radius 1 is 1.26 bits per heavy atom. The summed E-state index contributed by atoms with van der Waals surface area (Å²) in [7, 11) is 1.78. The van der Waals surface area contributed by atoms with Gasteiger partial charge in [-0.3, -0.25) is 0 Å². The Hall–Kier alpha value is -2.28. The first kappa shape index (κ1) is 11.8. The molecule has 3 aromatic rings. The van der Waals surface area contributed by atoms with Gasteiger partial charge in [0.1, 0.15) is 0 Å². The Kier molecular flexibility index (Phi) is 2.96. The third-order valence-corrected chi connectivity index (χ3v) is 3.41. The predicted molar refractivity (Wildman–Crippen MR) is 74.5 cm³/mol. The van der Waals surface area contributed by atoms with Crippen LogP contribution in [0.2, 0.25) is 0 Å². The van der Waals surface area contributed by atoms with Crippen LogP contribution in [-0.4, -0.2) is 31.8 Å². The molecule has 0 aromatic carbocycles. The second kappa shape index (κ2) is 4.77. The maximum Gasteiger partial charge on any atom is 0.255 e. The van der Waals surface area contributed by atoms with E-state index in [1.807, 2.05) is 11.4 Å². The molecule has 0 atom stereocenters. The molecule has 0 aliphatic carbocycles. The smallest absolute Gasteiger partial charge is 0.255 e. The van der Waals surface area contributed by atoms with Gasteiger partial charge in [-0.15, -0.1) is 11.3 Å². The average molecular weight is 272 g/mol. The van der Waals surface area contributed by atoms with Crippen LogP contribution < -0.4 is 5.32 Å². The molecule has 0 bridgehead atoms. The molecule has 0 radical (unpaired) electrons. The van der Waals surface area contributed by atoms with Crippen LogP contribution in [-0.2, 0) is 0 Å². The number of aryl methyl sites for hydroxylation is 1. The molecule has 6 nitrogen and oxygen atoms in total. The highest BCUT2D eigenvalue weighted by Gasteiger charge is 2.10. The monoisotopic (exact) mass is 272 g/mol. The van der Waals surface area contributed by atoms with Gasteiger partial charge in [-0.2, -0.15) is 20.1 Å². The summed E-state index contributed by atoms with van der Waals surface area (Å²) in [5.41, 5.74) is 0.995. The molecule has 0 saturated heterocycles. The van der Waals surface area contributed by atoms with E-state index in [0.29, 0.717) is 17.7 Å². The largest absolute Gasteiger partial charge is 0.357 e. The summed E-state index contributed by atoms with van der Waals surface area (Å²) in [6, 6.07) is 3.89. The maximum atomic E-state index is 4.45. The molecule has 0 aliphatic heterocycles. The van der Waals surface area contributed by atoms with E-state index in [1.54, 1.807) is 35.5 Å². The maximum absolute atomic E-state index is 4.45. The van der Waals surface area contributed by atoms with Crippen molar-refractivity contribution in [1.29, 1.82) is 0 Å². The van der Waals surface area contributed by atoms with Crippen molar-refractivity contribution in [2.45, 2.75) is 6.92 Å². The highest BCUT2D eigenvalue weighted by atomic mass is 32.1. The highest BCUT2D eigenvalue weighted by molar-refractivity contribution is 7.10. The van der Waals surface area contributed by atoms with Gasteiger partial charge in [0.2, 0.25) is 5.95 Å². The number of thiophene rings is 1. The summed E-state index contributed by atoms with van der Waals surface area (Å²) in [4.78, 5) is 14.4. The Labute approximate surface area is 114 Å². The van der Waals surface area contributed by atoms with Gasteiger partial charge in [0, 0.05) is 35.3 Å². The zero-order valence-electron chi connectivity index (χ0n) is 10.5. The minimum absolute atomic E-state index is 0.503. The lowest BCUT2D eigenvalue weighted by Gasteiger charge is -2.05. The fourth-order valence-electron chi connectivity index (χ4n) is 1.66. The lowest BCUT2D eigenvalue weighted by molar-refractivity contribution is 0.800. The predicted octanol–water partition coefficient (Wildman–Crippen LogP) is 2.14. The molecule has 0 spiro atoms. The molecule has 1 N–H and O–H groups in total. The van der Waals surface area contributed by atoms with E-state index in [1.165, 1.54) is 4.88 Å². The molecule has 0 unspecified atom stereocenters. The van der Waals surface area contributed by atoms with E-state index < -0.39 is 0 Å². The lowest BCUT2D eigenvalue weighted by atomic mass is 10.3. The zero-order valence-corrected chi connectivity index (χ0v) is 11.3. The first-order valence-electron chi connectivity index (χ1n) is 5.75. The normalized spacial score (nSPS) is 10.6. The number of nitrogens with one attached hydrogen (secondary N) is 1. The molecule has 0 saturated carbocycles. The van der Waals surface area contributed by atoms with Gasteiger partial charge in [-0.1, -0.05) is 0 Å². The zero-order chi connectivity index (χ0) is 13.2. The van der Waals surface area contributed by atoms with E-state index in [-0.39, 0.29) is 0 Å². The van der Waals surface area contributed by atoms with E-state index in [4.69, 9.17) is 0 Å². The molecule has 96 valence electrons. The van der Waals surface area contributed by atoms with Gasteiger partial charge in [0.15, 0.2) is 5.82 Å². The van der Waals surface area contributed by atoms with Crippen molar-refractivity contribution < 1.29 is 0 Å². The van der Waals surface area contributed by atoms with Crippen LogP contribution in [0, 0.1) is 6.92 Å². The molecule has 3 rings (SSSR count). The Morgan fingerprint density at radius 3 is 2.79 bits per heavy atom. The summed E-state index contributed by atoms with van der Waals surface area (Å²) in [6.07, 6.45) is 3.49. The van der Waals surface area contributed by atoms with Crippen LogP contribution in [0.5, 0.6) is 0 Å². The van der Waals surface area contributed by atoms with Gasteiger partial charge < -0.3 is 5.32 Å². The first-order chi connectivity index (χ1) is 9.26. The molecule has 0 amide bonds. The highest BCUT2D eigenvalue weighted by Crippen LogP contribution is 2.23. The molecule has 0 aliphatic rings. The molecule has 19 heavy (non-hydrogen) atoms. The van der Waals surface area contributed by atoms with Crippen molar-refractivity contribution >= 4 is 17.3 Å². The number of nitrogens with zero attached hydrogens (tertiary/aromatic N) is 5. The Morgan fingerprint density at radius 2 is 2.16 bits per heavy atom. The van der Waals surface area contributed by atoms with Crippen molar-refractivity contribution in [1.82, 2.24) is 24.7 Å². The third-order valence-electron chi connectivity index (χ3n) is 2.55. The van der Waals surface area contributed by atoms with Crippen LogP contribution in [0.15, 0.2) is 29.9 Å². The minimum atomic E-state index is 0.503. The Bertz CT molecular complexity index is 688. The fourth-order valence-corrected chi connectivity index (χ4v) is 2.34. The number of rotatable bonds is 3. The quantitative estimate of drug-likeness (QED) is 0.791. The van der Waals surface area contributed by atoms with Gasteiger partial charge in [-0.25, -0.2) is 4.68 Å². The second-order valence-electron chi connectivity index (χ2n) is 3.93. The molecular formula is C12H12N6S. The van der Waals surface area contributed by atoms with E-state index in [9.17, 15) is 0 Å². The molecular weight excluding hydrogens is 260 g/mol. The fraction of sp³-hybridized carbons (Fsp3) is 0.167. The topological polar surface area (TPSA) is 68.5 Å². The van der Waals surface area contributed by atoms with E-state index >= 15 is 0 Å². The van der Waals surface area contributed by atoms with E-state index in [2.05, 4.69) is 38.4 Å². The lowest BCUT2D eigenvalue weighted by Crippen LogP contribution is -2.07. The van der Waals surface area contributed by atoms with E-state index in [0.717, 1.165) is 5.56 Å². The summed E-state index contributed by atoms with van der Waals surface area (Å²) < 4.78 is 1.62. The molecule has 3 heterocycles. The summed E-state index contributed by atoms with van der Waals surface area (Å²) in [6.45, 7) is 2.06. The number of anilines is 1. The second-order valence-corrected chi connectivity index (χ2v) is 5.04. The molecule has 0 fully saturated rings. The number of hydrogen-bond donors (Lipinski definition) is 1. The van der Waals surface area contributed by atoms with Crippen molar-refractivity contribution in [2.75, 3.05) is 12.4 Å². The number of hydrogen-bond acceptors (Lipinski definition) is 6. The third kappa shape index (κ3) is 2.32. The minimum Gasteiger partial charge on any atom is -0.357 e. The van der Waals surface area contributed by atoms with Crippen molar-refractivity contribution in [3.63, 3.8) is 0 Å². The first-order valence-corrected chi connectivity index (χ1v) is 6.63. The van der Waals surface area contributed by atoms with Crippen molar-refractivity contribution in [2.24, 2.45) is 0 Å². The van der Waals surface area contributed by atoms with Crippen LogP contribution in [0.3, 0.4) is 0 Å². The van der Waals surface area contributed by atoms with Crippen LogP contribution >= 0.6 is 11.3 Å². The molecule has 7 heteroatoms. The number of aromatic nitrogens is 5. The Balaban J connectivity index is 2.12. The summed E-state index contributed by atoms with van der Waals surface area (Å²) >= 11 is 1.67. The summed E-state index contributed by atoms with van der Waals surface area (Å²) in [5, 5.41) is 9.13. The van der Waals surface area contributed by atoms with Crippen molar-refractivity contribution in [3.8, 4) is 17.3 Å². The van der Waals surface area contributed by atoms with Crippen molar-refractivity contribution in [3.05, 3.63) is 34.8 Å². The van der Waals surface area contributed by atoms with Gasteiger partial charge in [0.25, 0.3) is 5.95 Å². The average Bonchev–Trinajstić information content (AvgIpc) is 3.09.